The smallest absolute Gasteiger partial charge is 0.264 e. The van der Waals surface area contributed by atoms with Crippen molar-refractivity contribution in [3.8, 4) is 0 Å². The Morgan fingerprint density at radius 1 is 1.33 bits per heavy atom. The Balaban J connectivity index is 1.49. The number of nitrogens with zero attached hydrogens (tertiary/aromatic N) is 4. The van der Waals surface area contributed by atoms with Gasteiger partial charge >= 0.3 is 0 Å². The summed E-state index contributed by atoms with van der Waals surface area (Å²) in [6.45, 7) is 0.305. The molecule has 0 saturated carbocycles. The fraction of sp³-hybridized carbons (Fsp3) is 0.125. The van der Waals surface area contributed by atoms with Crippen molar-refractivity contribution in [2.45, 2.75) is 11.7 Å². The van der Waals surface area contributed by atoms with E-state index in [9.17, 15) is 9.18 Å². The Kier molecular flexibility index (Phi) is 6.05. The molecule has 0 aliphatic carbocycles. The topological polar surface area (TPSA) is 123 Å². The lowest BCUT2D eigenvalue weighted by atomic mass is 10.2. The number of nitrogens with one attached hydrogen (secondary N) is 2. The zero-order valence-electron chi connectivity index (χ0n) is 14.0. The number of rotatable bonds is 8. The highest BCUT2D eigenvalue weighted by Gasteiger charge is 2.12. The molecule has 0 radical (unpaired) electrons. The highest BCUT2D eigenvalue weighted by Crippen LogP contribution is 2.16. The van der Waals surface area contributed by atoms with Crippen LogP contribution >= 0.6 is 11.8 Å². The number of hydrazone groups is 1. The number of hydrogen-bond acceptors (Lipinski definition) is 8. The van der Waals surface area contributed by atoms with Crippen LogP contribution in [0.15, 0.2) is 57.3 Å². The van der Waals surface area contributed by atoms with E-state index in [0.717, 1.165) is 16.4 Å². The Labute approximate surface area is 157 Å². The van der Waals surface area contributed by atoms with Crippen LogP contribution in [0.25, 0.3) is 0 Å². The Bertz CT molecular complexity index is 927. The summed E-state index contributed by atoms with van der Waals surface area (Å²) in [5.41, 5.74) is 2.90. The molecule has 1 aromatic carbocycles. The first-order valence-electron chi connectivity index (χ1n) is 7.79. The predicted molar refractivity (Wildman–Crippen MR) is 99.1 cm³/mol. The minimum Gasteiger partial charge on any atom is -0.467 e. The van der Waals surface area contributed by atoms with Gasteiger partial charge in [-0.25, -0.2) is 14.5 Å². The number of aromatic nitrogens is 3. The molecule has 0 saturated heterocycles. The van der Waals surface area contributed by atoms with Crippen molar-refractivity contribution in [3.05, 3.63) is 59.8 Å². The number of thioether (sulfide) groups is 1. The molecule has 4 N–H and O–H groups in total. The van der Waals surface area contributed by atoms with Gasteiger partial charge in [-0.3, -0.25) is 4.79 Å². The summed E-state index contributed by atoms with van der Waals surface area (Å²) in [6, 6.07) is 9.71. The number of furan rings is 1. The van der Waals surface area contributed by atoms with Crippen LogP contribution in [0.1, 0.15) is 11.3 Å². The van der Waals surface area contributed by atoms with Gasteiger partial charge < -0.3 is 15.6 Å². The number of anilines is 1. The lowest BCUT2D eigenvalue weighted by molar-refractivity contribution is -0.118. The number of nitrogen functional groups attached to an aromatic ring is 1. The fourth-order valence-corrected chi connectivity index (χ4v) is 2.66. The molecule has 140 valence electrons. The molecule has 0 aliphatic rings. The van der Waals surface area contributed by atoms with Gasteiger partial charge in [0.05, 0.1) is 24.8 Å². The third-order valence-electron chi connectivity index (χ3n) is 3.31. The molecule has 9 nitrogen and oxygen atoms in total. The van der Waals surface area contributed by atoms with Crippen LogP contribution in [0.5, 0.6) is 0 Å². The Hall–Kier alpha value is -3.34. The van der Waals surface area contributed by atoms with Crippen LogP contribution in [0.4, 0.5) is 10.3 Å². The van der Waals surface area contributed by atoms with E-state index < -0.39 is 5.82 Å². The zero-order chi connectivity index (χ0) is 19.1. The summed E-state index contributed by atoms with van der Waals surface area (Å²) in [6.07, 6.45) is 2.84. The largest absolute Gasteiger partial charge is 0.467 e. The van der Waals surface area contributed by atoms with Crippen molar-refractivity contribution in [1.82, 2.24) is 20.2 Å². The summed E-state index contributed by atoms with van der Waals surface area (Å²) >= 11 is 1.12. The van der Waals surface area contributed by atoms with E-state index >= 15 is 0 Å². The molecule has 3 rings (SSSR count). The summed E-state index contributed by atoms with van der Waals surface area (Å²) < 4.78 is 19.8. The minimum atomic E-state index is -0.394. The second-order valence-corrected chi connectivity index (χ2v) is 6.15. The van der Waals surface area contributed by atoms with Gasteiger partial charge in [-0.15, -0.1) is 10.2 Å². The lowest BCUT2D eigenvalue weighted by Gasteiger charge is -2.04. The van der Waals surface area contributed by atoms with Crippen LogP contribution in [-0.2, 0) is 11.3 Å². The number of benzene rings is 1. The van der Waals surface area contributed by atoms with Gasteiger partial charge in [0.15, 0.2) is 0 Å². The second kappa shape index (κ2) is 8.85. The molecule has 2 aromatic heterocycles. The van der Waals surface area contributed by atoms with E-state index in [1.165, 1.54) is 18.5 Å². The third-order valence-corrected chi connectivity index (χ3v) is 4.25. The fourth-order valence-electron chi connectivity index (χ4n) is 1.97. The highest BCUT2D eigenvalue weighted by atomic mass is 32.2. The lowest BCUT2D eigenvalue weighted by Crippen LogP contribution is -2.24. The van der Waals surface area contributed by atoms with Gasteiger partial charge in [0.2, 0.25) is 11.1 Å². The summed E-state index contributed by atoms with van der Waals surface area (Å²) in [7, 11) is 0. The number of hydrogen-bond donors (Lipinski definition) is 3. The van der Waals surface area contributed by atoms with E-state index in [4.69, 9.17) is 10.3 Å². The molecule has 0 bridgehead atoms. The average molecular weight is 389 g/mol. The highest BCUT2D eigenvalue weighted by molar-refractivity contribution is 7.99. The molecule has 3 aromatic rings. The average Bonchev–Trinajstić information content (AvgIpc) is 3.30. The van der Waals surface area contributed by atoms with Crippen molar-refractivity contribution >= 4 is 29.8 Å². The number of halogens is 1. The van der Waals surface area contributed by atoms with Gasteiger partial charge in [0.1, 0.15) is 11.6 Å². The summed E-state index contributed by atoms with van der Waals surface area (Å²) in [5.74, 6) is 6.19. The van der Waals surface area contributed by atoms with Gasteiger partial charge in [-0.05, 0) is 18.2 Å². The maximum absolute atomic E-state index is 13.5. The first-order chi connectivity index (χ1) is 13.1. The van der Waals surface area contributed by atoms with Crippen LogP contribution in [-0.4, -0.2) is 32.7 Å². The van der Waals surface area contributed by atoms with E-state index in [2.05, 4.69) is 26.0 Å². The standard InChI is InChI=1S/C16H16FN7O2S/c17-13-6-2-1-4-11(13)8-20-21-15-22-23-16(24(15)18)27-10-14(25)19-9-12-5-3-7-26-12/h1-8H,9-10,18H2,(H,19,25)(H,21,22)/b20-8+. The van der Waals surface area contributed by atoms with Crippen molar-refractivity contribution in [3.63, 3.8) is 0 Å². The van der Waals surface area contributed by atoms with E-state index in [1.54, 1.807) is 30.3 Å². The van der Waals surface area contributed by atoms with Crippen LogP contribution in [0.3, 0.4) is 0 Å². The zero-order valence-corrected chi connectivity index (χ0v) is 14.8. The van der Waals surface area contributed by atoms with E-state index in [0.29, 0.717) is 23.0 Å². The molecule has 1 amide bonds. The predicted octanol–water partition coefficient (Wildman–Crippen LogP) is 1.58. The number of amides is 1. The van der Waals surface area contributed by atoms with Gasteiger partial charge in [0.25, 0.3) is 5.95 Å². The maximum Gasteiger partial charge on any atom is 0.264 e. The summed E-state index contributed by atoms with van der Waals surface area (Å²) in [5, 5.41) is 14.6. The Morgan fingerprint density at radius 3 is 2.96 bits per heavy atom. The third kappa shape index (κ3) is 5.07. The van der Waals surface area contributed by atoms with Crippen molar-refractivity contribution in [1.29, 1.82) is 0 Å². The SMILES string of the molecule is Nn1c(N/N=C/c2ccccc2F)nnc1SCC(=O)NCc1ccco1. The van der Waals surface area contributed by atoms with Crippen LogP contribution < -0.4 is 16.6 Å². The van der Waals surface area contributed by atoms with Gasteiger partial charge in [-0.2, -0.15) is 5.10 Å². The van der Waals surface area contributed by atoms with Crippen molar-refractivity contribution < 1.29 is 13.6 Å². The number of carbonyl (C=O) groups is 1. The molecule has 0 spiro atoms. The Morgan fingerprint density at radius 2 is 2.19 bits per heavy atom. The molecule has 0 fully saturated rings. The molecular weight excluding hydrogens is 373 g/mol. The van der Waals surface area contributed by atoms with Crippen LogP contribution in [0, 0.1) is 5.82 Å². The van der Waals surface area contributed by atoms with Crippen LogP contribution in [0.2, 0.25) is 0 Å². The molecule has 27 heavy (non-hydrogen) atoms. The monoisotopic (exact) mass is 389 g/mol. The quantitative estimate of drug-likeness (QED) is 0.231. The molecule has 0 atom stereocenters. The van der Waals surface area contributed by atoms with Gasteiger partial charge in [-0.1, -0.05) is 30.0 Å². The molecule has 11 heteroatoms. The van der Waals surface area contributed by atoms with E-state index in [1.807, 2.05) is 0 Å². The molecule has 0 aliphatic heterocycles. The molecule has 0 unspecified atom stereocenters. The molecule has 2 heterocycles. The summed E-state index contributed by atoms with van der Waals surface area (Å²) in [4.78, 5) is 11.8. The first kappa shape index (κ1) is 18.5. The van der Waals surface area contributed by atoms with Crippen molar-refractivity contribution in [2.24, 2.45) is 5.10 Å². The minimum absolute atomic E-state index is 0.106. The second-order valence-electron chi connectivity index (χ2n) is 5.21. The van der Waals surface area contributed by atoms with Crippen molar-refractivity contribution in [2.75, 3.05) is 17.0 Å². The number of carbonyl (C=O) groups excluding carboxylic acids is 1. The van der Waals surface area contributed by atoms with E-state index in [-0.39, 0.29) is 17.6 Å². The first-order valence-corrected chi connectivity index (χ1v) is 8.78. The maximum atomic E-state index is 13.5. The number of nitrogens with two attached hydrogens (primary N) is 1. The van der Waals surface area contributed by atoms with Gasteiger partial charge in [0, 0.05) is 5.56 Å². The molecular formula is C16H16FN7O2S. The normalized spacial score (nSPS) is 11.0.